The van der Waals surface area contributed by atoms with Crippen molar-refractivity contribution in [2.75, 3.05) is 40.5 Å². The van der Waals surface area contributed by atoms with Gasteiger partial charge in [0.15, 0.2) is 11.8 Å². The molecular weight excluding hydrogens is 566 g/mol. The fourth-order valence-electron chi connectivity index (χ4n) is 4.80. The molecule has 0 aliphatic carbocycles. The van der Waals surface area contributed by atoms with Gasteiger partial charge in [0.25, 0.3) is 0 Å². The molecule has 0 aromatic carbocycles. The van der Waals surface area contributed by atoms with E-state index < -0.39 is 53.8 Å². The number of carbonyl (C=O) groups is 5. The normalized spacial score (nSPS) is 22.4. The number of Topliss-reactive ketones (excluding diaryl/α,β-unsaturated/α-hetero) is 1. The number of ether oxygens (including phenoxy) is 5. The van der Waals surface area contributed by atoms with E-state index in [-0.39, 0.29) is 30.9 Å². The number of rotatable bonds is 7. The molecule has 0 radical (unpaired) electrons. The monoisotopic (exact) mass is 613 g/mol. The SMILES string of the molecule is COC(=O)[C@H](CO)CC(=O)[C@@H]1CCCN1C(=O)OC(C)(C)C.COC(=O)[C@H]1COC([C@@H]2CCCN2C(=O)OC(C)(C)C)=N1. The standard InChI is InChI=1S/C15H25NO6.C14H22N2O5/c1-15(2,3)22-14(20)16-7-5-6-11(16)12(18)8-10(9-17)13(19)21-4;1-14(2,3)21-13(18)16-7-5-6-10(16)11-15-9(8-20-11)12(17)19-4/h10-11,17H,5-9H2,1-4H3;9-10H,5-8H2,1-4H3/t10-,11-;9-,10+/m01/s1. The third-order valence-corrected chi connectivity index (χ3v) is 6.77. The zero-order valence-electron chi connectivity index (χ0n) is 26.5. The second-order valence-corrected chi connectivity index (χ2v) is 12.6. The first-order valence-electron chi connectivity index (χ1n) is 14.5. The number of likely N-dealkylation sites (tertiary alicyclic amines) is 2. The molecular formula is C29H47N3O11. The van der Waals surface area contributed by atoms with Crippen LogP contribution in [0.3, 0.4) is 0 Å². The summed E-state index contributed by atoms with van der Waals surface area (Å²) in [6.45, 7) is 11.5. The fourth-order valence-corrected chi connectivity index (χ4v) is 4.80. The molecule has 4 atom stereocenters. The van der Waals surface area contributed by atoms with E-state index in [0.717, 1.165) is 12.8 Å². The Labute approximate surface area is 253 Å². The smallest absolute Gasteiger partial charge is 0.410 e. The van der Waals surface area contributed by atoms with Crippen LogP contribution in [0, 0.1) is 5.92 Å². The molecule has 0 saturated carbocycles. The Bertz CT molecular complexity index is 1050. The lowest BCUT2D eigenvalue weighted by atomic mass is 9.98. The minimum absolute atomic E-state index is 0.146. The Hall–Kier alpha value is -3.42. The maximum atomic E-state index is 12.3. The molecule has 2 saturated heterocycles. The molecule has 0 spiro atoms. The van der Waals surface area contributed by atoms with Crippen LogP contribution in [-0.2, 0) is 38.1 Å². The summed E-state index contributed by atoms with van der Waals surface area (Å²) in [5.41, 5.74) is -1.18. The molecule has 2 amide bonds. The topological polar surface area (TPSA) is 171 Å². The number of hydrogen-bond acceptors (Lipinski definition) is 12. The van der Waals surface area contributed by atoms with Gasteiger partial charge in [-0.2, -0.15) is 0 Å². The number of amides is 2. The molecule has 244 valence electrons. The number of nitrogens with zero attached hydrogens (tertiary/aromatic N) is 3. The van der Waals surface area contributed by atoms with E-state index in [1.54, 1.807) is 25.7 Å². The van der Waals surface area contributed by atoms with Gasteiger partial charge >= 0.3 is 24.1 Å². The average molecular weight is 614 g/mol. The van der Waals surface area contributed by atoms with Crippen LogP contribution in [0.1, 0.15) is 73.6 Å². The van der Waals surface area contributed by atoms with Crippen LogP contribution in [0.4, 0.5) is 9.59 Å². The molecule has 0 aromatic rings. The Kier molecular flexibility index (Phi) is 12.8. The van der Waals surface area contributed by atoms with Gasteiger partial charge < -0.3 is 28.8 Å². The molecule has 2 fully saturated rings. The van der Waals surface area contributed by atoms with Crippen LogP contribution in [0.25, 0.3) is 0 Å². The number of esters is 2. The summed E-state index contributed by atoms with van der Waals surface area (Å²) in [4.78, 5) is 66.9. The van der Waals surface area contributed by atoms with Gasteiger partial charge in [0.05, 0.1) is 32.8 Å². The average Bonchev–Trinajstić information content (AvgIpc) is 3.69. The molecule has 14 nitrogen and oxygen atoms in total. The molecule has 3 rings (SSSR count). The van der Waals surface area contributed by atoms with Gasteiger partial charge in [-0.15, -0.1) is 0 Å². The van der Waals surface area contributed by atoms with Crippen LogP contribution in [0.5, 0.6) is 0 Å². The summed E-state index contributed by atoms with van der Waals surface area (Å²) in [6.07, 6.45) is 1.81. The Morgan fingerprint density at radius 1 is 0.907 bits per heavy atom. The zero-order chi connectivity index (χ0) is 32.5. The van der Waals surface area contributed by atoms with Crippen molar-refractivity contribution < 1.29 is 52.8 Å². The van der Waals surface area contributed by atoms with Crippen molar-refractivity contribution in [2.45, 2.75) is 103 Å². The van der Waals surface area contributed by atoms with E-state index in [9.17, 15) is 29.1 Å². The lowest BCUT2D eigenvalue weighted by Gasteiger charge is -2.28. The lowest BCUT2D eigenvalue weighted by molar-refractivity contribution is -0.149. The van der Waals surface area contributed by atoms with E-state index in [0.29, 0.717) is 31.8 Å². The highest BCUT2D eigenvalue weighted by molar-refractivity contribution is 5.92. The second kappa shape index (κ2) is 15.3. The van der Waals surface area contributed by atoms with Gasteiger partial charge in [-0.05, 0) is 67.2 Å². The highest BCUT2D eigenvalue weighted by Crippen LogP contribution is 2.26. The van der Waals surface area contributed by atoms with Gasteiger partial charge in [-0.3, -0.25) is 19.4 Å². The maximum Gasteiger partial charge on any atom is 0.410 e. The van der Waals surface area contributed by atoms with Gasteiger partial charge in [0.1, 0.15) is 23.9 Å². The van der Waals surface area contributed by atoms with Crippen molar-refractivity contribution in [3.8, 4) is 0 Å². The van der Waals surface area contributed by atoms with E-state index in [1.807, 2.05) is 20.8 Å². The summed E-state index contributed by atoms with van der Waals surface area (Å²) < 4.78 is 25.4. The van der Waals surface area contributed by atoms with Gasteiger partial charge in [0.2, 0.25) is 5.90 Å². The first-order chi connectivity index (χ1) is 20.0. The highest BCUT2D eigenvalue weighted by Gasteiger charge is 2.40. The van der Waals surface area contributed by atoms with Crippen LogP contribution in [0.15, 0.2) is 4.99 Å². The molecule has 3 aliphatic heterocycles. The summed E-state index contributed by atoms with van der Waals surface area (Å²) in [7, 11) is 2.52. The number of ketones is 1. The van der Waals surface area contributed by atoms with Crippen molar-refractivity contribution in [3.05, 3.63) is 0 Å². The van der Waals surface area contributed by atoms with Crippen molar-refractivity contribution in [1.82, 2.24) is 9.80 Å². The Morgan fingerprint density at radius 2 is 1.47 bits per heavy atom. The quantitative estimate of drug-likeness (QED) is 0.330. The third kappa shape index (κ3) is 10.7. The molecule has 0 bridgehead atoms. The van der Waals surface area contributed by atoms with E-state index in [4.69, 9.17) is 14.2 Å². The predicted octanol–water partition coefficient (Wildman–Crippen LogP) is 2.48. The summed E-state index contributed by atoms with van der Waals surface area (Å²) in [5.74, 6) is -1.77. The Balaban J connectivity index is 0.000000300. The molecule has 43 heavy (non-hydrogen) atoms. The fraction of sp³-hybridized carbons (Fsp3) is 0.793. The van der Waals surface area contributed by atoms with Gasteiger partial charge in [-0.1, -0.05) is 0 Å². The van der Waals surface area contributed by atoms with Crippen molar-refractivity contribution in [2.24, 2.45) is 10.9 Å². The number of carbonyl (C=O) groups excluding carboxylic acids is 5. The number of hydrogen-bond donors (Lipinski definition) is 1. The number of aliphatic imine (C=N–C) groups is 1. The first-order valence-corrected chi connectivity index (χ1v) is 14.5. The van der Waals surface area contributed by atoms with E-state index in [1.165, 1.54) is 19.1 Å². The largest absolute Gasteiger partial charge is 0.477 e. The molecule has 14 heteroatoms. The summed E-state index contributed by atoms with van der Waals surface area (Å²) in [6, 6.07) is -1.49. The second-order valence-electron chi connectivity index (χ2n) is 12.6. The van der Waals surface area contributed by atoms with Crippen LogP contribution >= 0.6 is 0 Å². The van der Waals surface area contributed by atoms with Gasteiger partial charge in [0, 0.05) is 19.5 Å². The molecule has 0 aromatic heterocycles. The summed E-state index contributed by atoms with van der Waals surface area (Å²) >= 11 is 0. The number of aliphatic hydroxyl groups excluding tert-OH is 1. The van der Waals surface area contributed by atoms with Crippen molar-refractivity contribution >= 4 is 35.8 Å². The molecule has 0 unspecified atom stereocenters. The van der Waals surface area contributed by atoms with Crippen molar-refractivity contribution in [3.63, 3.8) is 0 Å². The minimum Gasteiger partial charge on any atom is -0.477 e. The van der Waals surface area contributed by atoms with E-state index in [2.05, 4.69) is 14.5 Å². The molecule has 3 aliphatic rings. The number of methoxy groups -OCH3 is 2. The maximum absolute atomic E-state index is 12.3. The van der Waals surface area contributed by atoms with E-state index >= 15 is 0 Å². The predicted molar refractivity (Wildman–Crippen MR) is 153 cm³/mol. The molecule has 3 heterocycles. The van der Waals surface area contributed by atoms with Crippen LogP contribution in [0.2, 0.25) is 0 Å². The lowest BCUT2D eigenvalue weighted by Crippen LogP contribution is -2.44. The zero-order valence-corrected chi connectivity index (χ0v) is 26.5. The summed E-state index contributed by atoms with van der Waals surface area (Å²) in [5, 5.41) is 9.19. The third-order valence-electron chi connectivity index (χ3n) is 6.77. The van der Waals surface area contributed by atoms with Crippen LogP contribution < -0.4 is 0 Å². The van der Waals surface area contributed by atoms with Gasteiger partial charge in [-0.25, -0.2) is 19.4 Å². The highest BCUT2D eigenvalue weighted by atomic mass is 16.6. The van der Waals surface area contributed by atoms with Crippen LogP contribution in [-0.4, -0.2) is 121 Å². The molecule has 1 N–H and O–H groups in total. The van der Waals surface area contributed by atoms with Crippen molar-refractivity contribution in [1.29, 1.82) is 0 Å². The minimum atomic E-state index is -0.890. The Morgan fingerprint density at radius 3 is 2.00 bits per heavy atom. The number of aliphatic hydroxyl groups is 1. The first kappa shape index (κ1) is 35.8.